The predicted molar refractivity (Wildman–Crippen MR) is 69.9 cm³/mol. The molecule has 0 heterocycles. The van der Waals surface area contributed by atoms with E-state index < -0.39 is 5.60 Å². The first-order chi connectivity index (χ1) is 8.22. The number of rotatable bonds is 0. The highest BCUT2D eigenvalue weighted by atomic mass is 16.3. The molecule has 2 saturated carbocycles. The van der Waals surface area contributed by atoms with E-state index in [4.69, 9.17) is 0 Å². The van der Waals surface area contributed by atoms with Crippen molar-refractivity contribution in [2.75, 3.05) is 0 Å². The zero-order valence-electron chi connectivity index (χ0n) is 11.0. The molecule has 2 fully saturated rings. The Kier molecular flexibility index (Phi) is 4.87. The van der Waals surface area contributed by atoms with Crippen LogP contribution in [0.15, 0.2) is 0 Å². The van der Waals surface area contributed by atoms with E-state index in [2.05, 4.69) is 0 Å². The summed E-state index contributed by atoms with van der Waals surface area (Å²) in [6.45, 7) is 0. The first-order valence-electron chi connectivity index (χ1n) is 7.63. The lowest BCUT2D eigenvalue weighted by Gasteiger charge is -2.42. The molecule has 2 aliphatic carbocycles. The Balaban J connectivity index is 2.04. The van der Waals surface area contributed by atoms with Crippen molar-refractivity contribution >= 4 is 0 Å². The third-order valence-electron chi connectivity index (χ3n) is 4.89. The fourth-order valence-corrected chi connectivity index (χ4v) is 3.80. The number of aliphatic hydroxyl groups is 2. The van der Waals surface area contributed by atoms with Gasteiger partial charge in [-0.25, -0.2) is 0 Å². The topological polar surface area (TPSA) is 40.5 Å². The fraction of sp³-hybridized carbons (Fsp3) is 1.00. The Labute approximate surface area is 105 Å². The van der Waals surface area contributed by atoms with E-state index >= 15 is 0 Å². The highest BCUT2D eigenvalue weighted by Gasteiger charge is 2.41. The van der Waals surface area contributed by atoms with Crippen molar-refractivity contribution in [1.29, 1.82) is 0 Å². The van der Waals surface area contributed by atoms with E-state index in [1.807, 2.05) is 0 Å². The maximum absolute atomic E-state index is 10.8. The van der Waals surface area contributed by atoms with Crippen molar-refractivity contribution in [2.24, 2.45) is 5.92 Å². The second-order valence-electron chi connectivity index (χ2n) is 6.18. The van der Waals surface area contributed by atoms with E-state index in [1.165, 1.54) is 32.1 Å². The summed E-state index contributed by atoms with van der Waals surface area (Å²) in [5.41, 5.74) is -0.554. The Morgan fingerprint density at radius 1 is 0.706 bits per heavy atom. The molecule has 0 spiro atoms. The summed E-state index contributed by atoms with van der Waals surface area (Å²) >= 11 is 0. The van der Waals surface area contributed by atoms with Crippen LogP contribution in [0.5, 0.6) is 0 Å². The summed E-state index contributed by atoms with van der Waals surface area (Å²) in [4.78, 5) is 0. The molecule has 0 amide bonds. The van der Waals surface area contributed by atoms with Crippen LogP contribution < -0.4 is 0 Å². The maximum atomic E-state index is 10.8. The Morgan fingerprint density at radius 2 is 1.24 bits per heavy atom. The van der Waals surface area contributed by atoms with Crippen LogP contribution in [0, 0.1) is 5.92 Å². The molecule has 1 unspecified atom stereocenters. The lowest BCUT2D eigenvalue weighted by molar-refractivity contribution is -0.104. The van der Waals surface area contributed by atoms with Gasteiger partial charge in [0.25, 0.3) is 0 Å². The van der Waals surface area contributed by atoms with Crippen molar-refractivity contribution in [3.05, 3.63) is 0 Å². The quantitative estimate of drug-likeness (QED) is 0.681. The molecule has 2 N–H and O–H groups in total. The SMILES string of the molecule is O[C@@H]1CCCCCCCC[C@@]2(O)CCCCC12. The van der Waals surface area contributed by atoms with E-state index in [0.717, 1.165) is 44.9 Å². The molecule has 0 aliphatic heterocycles. The average molecular weight is 240 g/mol. The van der Waals surface area contributed by atoms with Crippen molar-refractivity contribution in [1.82, 2.24) is 0 Å². The highest BCUT2D eigenvalue weighted by molar-refractivity contribution is 4.93. The zero-order valence-corrected chi connectivity index (χ0v) is 11.0. The van der Waals surface area contributed by atoms with Crippen molar-refractivity contribution in [3.63, 3.8) is 0 Å². The van der Waals surface area contributed by atoms with Gasteiger partial charge in [-0.1, -0.05) is 51.4 Å². The normalized spacial score (nSPS) is 41.3. The van der Waals surface area contributed by atoms with E-state index in [0.29, 0.717) is 0 Å². The molecule has 2 heteroatoms. The third kappa shape index (κ3) is 3.45. The van der Waals surface area contributed by atoms with E-state index in [1.54, 1.807) is 0 Å². The summed E-state index contributed by atoms with van der Waals surface area (Å²) < 4.78 is 0. The lowest BCUT2D eigenvalue weighted by atomic mass is 9.69. The van der Waals surface area contributed by atoms with Gasteiger partial charge in [-0.3, -0.25) is 0 Å². The van der Waals surface area contributed by atoms with Gasteiger partial charge in [0.2, 0.25) is 0 Å². The first-order valence-corrected chi connectivity index (χ1v) is 7.63. The number of hydrogen-bond donors (Lipinski definition) is 2. The standard InChI is InChI=1S/C15H28O2/c16-14-10-5-3-1-2-4-7-11-15(17)12-8-6-9-13(14)15/h13-14,16-17H,1-12H2/t13?,14-,15-/m1/s1. The zero-order chi connectivity index (χ0) is 12.1. The van der Waals surface area contributed by atoms with Gasteiger partial charge >= 0.3 is 0 Å². The summed E-state index contributed by atoms with van der Waals surface area (Å²) in [6, 6.07) is 0. The molecular formula is C15H28O2. The maximum Gasteiger partial charge on any atom is 0.0700 e. The summed E-state index contributed by atoms with van der Waals surface area (Å²) in [6.07, 6.45) is 13.2. The third-order valence-corrected chi connectivity index (χ3v) is 4.89. The smallest absolute Gasteiger partial charge is 0.0700 e. The molecule has 0 aromatic heterocycles. The molecule has 3 atom stereocenters. The Hall–Kier alpha value is -0.0800. The molecule has 100 valence electrons. The molecule has 17 heavy (non-hydrogen) atoms. The second-order valence-corrected chi connectivity index (χ2v) is 6.18. The monoisotopic (exact) mass is 240 g/mol. The molecule has 0 aromatic rings. The Bertz CT molecular complexity index is 229. The van der Waals surface area contributed by atoms with Crippen molar-refractivity contribution < 1.29 is 10.2 Å². The number of aliphatic hydroxyl groups excluding tert-OH is 1. The van der Waals surface area contributed by atoms with Gasteiger partial charge < -0.3 is 10.2 Å². The summed E-state index contributed by atoms with van der Waals surface area (Å²) in [5, 5.41) is 21.1. The average Bonchev–Trinajstić information content (AvgIpc) is 2.34. The minimum Gasteiger partial charge on any atom is -0.393 e. The van der Waals surface area contributed by atoms with Gasteiger partial charge in [0.15, 0.2) is 0 Å². The van der Waals surface area contributed by atoms with Crippen molar-refractivity contribution in [3.8, 4) is 0 Å². The van der Waals surface area contributed by atoms with Crippen LogP contribution in [0.2, 0.25) is 0 Å². The number of fused-ring (bicyclic) bond motifs is 1. The van der Waals surface area contributed by atoms with Gasteiger partial charge in [-0.05, 0) is 25.7 Å². The predicted octanol–water partition coefficient (Wildman–Crippen LogP) is 3.40. The van der Waals surface area contributed by atoms with Crippen LogP contribution >= 0.6 is 0 Å². The van der Waals surface area contributed by atoms with Crippen LogP contribution in [-0.2, 0) is 0 Å². The van der Waals surface area contributed by atoms with Gasteiger partial charge in [0, 0.05) is 5.92 Å². The second kappa shape index (κ2) is 6.19. The molecule has 0 bridgehead atoms. The van der Waals surface area contributed by atoms with Gasteiger partial charge in [0.05, 0.1) is 11.7 Å². The van der Waals surface area contributed by atoms with Crippen LogP contribution in [0.1, 0.15) is 77.0 Å². The molecule has 2 aliphatic rings. The van der Waals surface area contributed by atoms with Gasteiger partial charge in [0.1, 0.15) is 0 Å². The molecule has 2 nitrogen and oxygen atoms in total. The van der Waals surface area contributed by atoms with Crippen LogP contribution in [0.3, 0.4) is 0 Å². The van der Waals surface area contributed by atoms with Gasteiger partial charge in [-0.15, -0.1) is 0 Å². The highest BCUT2D eigenvalue weighted by Crippen LogP contribution is 2.41. The molecule has 0 radical (unpaired) electrons. The summed E-state index contributed by atoms with van der Waals surface area (Å²) in [7, 11) is 0. The van der Waals surface area contributed by atoms with Crippen LogP contribution in [0.4, 0.5) is 0 Å². The van der Waals surface area contributed by atoms with Crippen LogP contribution in [0.25, 0.3) is 0 Å². The largest absolute Gasteiger partial charge is 0.393 e. The van der Waals surface area contributed by atoms with Crippen LogP contribution in [-0.4, -0.2) is 21.9 Å². The van der Waals surface area contributed by atoms with E-state index in [-0.39, 0.29) is 12.0 Å². The molecular weight excluding hydrogens is 212 g/mol. The van der Waals surface area contributed by atoms with Gasteiger partial charge in [-0.2, -0.15) is 0 Å². The van der Waals surface area contributed by atoms with Crippen molar-refractivity contribution in [2.45, 2.75) is 88.8 Å². The minimum absolute atomic E-state index is 0.148. The number of hydrogen-bond acceptors (Lipinski definition) is 2. The first kappa shape index (κ1) is 13.4. The summed E-state index contributed by atoms with van der Waals surface area (Å²) in [5.74, 6) is 0.148. The molecule has 2 rings (SSSR count). The fourth-order valence-electron chi connectivity index (χ4n) is 3.80. The lowest BCUT2D eigenvalue weighted by Crippen LogP contribution is -2.46. The molecule has 0 saturated heterocycles. The minimum atomic E-state index is -0.554. The molecule has 0 aromatic carbocycles. The Morgan fingerprint density at radius 3 is 2.00 bits per heavy atom. The van der Waals surface area contributed by atoms with E-state index in [9.17, 15) is 10.2 Å².